The van der Waals surface area contributed by atoms with Crippen molar-refractivity contribution in [2.75, 3.05) is 26.0 Å². The van der Waals surface area contributed by atoms with Gasteiger partial charge in [0.2, 0.25) is 5.91 Å². The van der Waals surface area contributed by atoms with Crippen LogP contribution in [0, 0.1) is 0 Å². The number of carboxylic acid groups (broad SMARTS) is 1. The lowest BCUT2D eigenvalue weighted by atomic mass is 10.0. The molecule has 8 heteroatoms. The number of carbonyl (C=O) groups is 2. The zero-order chi connectivity index (χ0) is 18.5. The van der Waals surface area contributed by atoms with Crippen LogP contribution in [0.5, 0.6) is 0 Å². The average Bonchev–Trinajstić information content (AvgIpc) is 2.53. The summed E-state index contributed by atoms with van der Waals surface area (Å²) in [6, 6.07) is 9.09. The lowest BCUT2D eigenvalue weighted by Gasteiger charge is -2.45. The van der Waals surface area contributed by atoms with Gasteiger partial charge in [-0.05, 0) is 18.4 Å². The van der Waals surface area contributed by atoms with Crippen LogP contribution in [0.2, 0.25) is 0 Å². The molecule has 0 bridgehead atoms. The Labute approximate surface area is 147 Å². The maximum absolute atomic E-state index is 12.6. The first kappa shape index (κ1) is 19.4. The number of sulfone groups is 1. The summed E-state index contributed by atoms with van der Waals surface area (Å²) in [4.78, 5) is 22.9. The number of nitrogens with zero attached hydrogens (tertiary/aromatic N) is 1. The van der Waals surface area contributed by atoms with Gasteiger partial charge in [-0.1, -0.05) is 30.3 Å². The molecular weight excluding hydrogens is 346 g/mol. The smallest absolute Gasteiger partial charge is 0.303 e. The van der Waals surface area contributed by atoms with Crippen LogP contribution in [0.25, 0.3) is 0 Å². The van der Waals surface area contributed by atoms with Crippen molar-refractivity contribution in [3.63, 3.8) is 0 Å². The van der Waals surface area contributed by atoms with Gasteiger partial charge in [-0.15, -0.1) is 0 Å². The second kappa shape index (κ2) is 7.97. The maximum Gasteiger partial charge on any atom is 0.303 e. The van der Waals surface area contributed by atoms with Gasteiger partial charge in [0.05, 0.1) is 6.61 Å². The summed E-state index contributed by atoms with van der Waals surface area (Å²) in [5.41, 5.74) is 0.793. The number of hydrogen-bond acceptors (Lipinski definition) is 5. The molecule has 1 saturated heterocycles. The molecule has 0 aliphatic carbocycles. The van der Waals surface area contributed by atoms with Crippen LogP contribution < -0.4 is 0 Å². The van der Waals surface area contributed by atoms with E-state index in [2.05, 4.69) is 0 Å². The van der Waals surface area contributed by atoms with E-state index in [4.69, 9.17) is 9.84 Å². The zero-order valence-electron chi connectivity index (χ0n) is 14.2. The van der Waals surface area contributed by atoms with E-state index in [0.717, 1.165) is 11.8 Å². The summed E-state index contributed by atoms with van der Waals surface area (Å²) in [5.74, 6) is -1.30. The molecule has 7 nitrogen and oxygen atoms in total. The SMILES string of the molecule is CS(=O)(=O)C1(Cc2ccccc2)COCC(=O)N1CCCCC(=O)O. The molecule has 2 rings (SSSR count). The van der Waals surface area contributed by atoms with E-state index >= 15 is 0 Å². The molecule has 0 saturated carbocycles. The number of unbranched alkanes of at least 4 members (excludes halogenated alkanes) is 1. The van der Waals surface area contributed by atoms with E-state index in [0.29, 0.717) is 12.8 Å². The van der Waals surface area contributed by atoms with Gasteiger partial charge in [-0.2, -0.15) is 0 Å². The number of morpholine rings is 1. The molecule has 1 amide bonds. The second-order valence-corrected chi connectivity index (χ2v) is 8.57. The molecule has 1 aromatic carbocycles. The maximum atomic E-state index is 12.6. The molecular formula is C17H23NO6S. The predicted octanol–water partition coefficient (Wildman–Crippen LogP) is 1.08. The first-order valence-corrected chi connectivity index (χ1v) is 9.99. The van der Waals surface area contributed by atoms with Crippen molar-refractivity contribution in [1.29, 1.82) is 0 Å². The van der Waals surface area contributed by atoms with Crippen LogP contribution in [-0.4, -0.2) is 61.2 Å². The first-order chi connectivity index (χ1) is 11.8. The van der Waals surface area contributed by atoms with Gasteiger partial charge in [0.15, 0.2) is 14.7 Å². The summed E-state index contributed by atoms with van der Waals surface area (Å²) in [7, 11) is -3.66. The van der Waals surface area contributed by atoms with Gasteiger partial charge >= 0.3 is 5.97 Å². The third-order valence-corrected chi connectivity index (χ3v) is 6.24. The van der Waals surface area contributed by atoms with Gasteiger partial charge in [0.25, 0.3) is 0 Å². The van der Waals surface area contributed by atoms with E-state index in [1.54, 1.807) is 0 Å². The Morgan fingerprint density at radius 1 is 1.28 bits per heavy atom. The zero-order valence-corrected chi connectivity index (χ0v) is 15.0. The van der Waals surface area contributed by atoms with Crippen LogP contribution >= 0.6 is 0 Å². The summed E-state index contributed by atoms with van der Waals surface area (Å²) in [6.07, 6.45) is 2.04. The highest BCUT2D eigenvalue weighted by Crippen LogP contribution is 2.31. The summed E-state index contributed by atoms with van der Waals surface area (Å²) >= 11 is 0. The van der Waals surface area contributed by atoms with Crippen molar-refractivity contribution in [3.05, 3.63) is 35.9 Å². The molecule has 1 aliphatic rings. The van der Waals surface area contributed by atoms with Gasteiger partial charge in [0, 0.05) is 25.6 Å². The number of benzene rings is 1. The molecule has 0 radical (unpaired) electrons. The number of carbonyl (C=O) groups excluding carboxylic acids is 1. The van der Waals surface area contributed by atoms with Gasteiger partial charge in [-0.25, -0.2) is 8.42 Å². The van der Waals surface area contributed by atoms with Crippen molar-refractivity contribution >= 4 is 21.7 Å². The third-order valence-electron chi connectivity index (χ3n) is 4.38. The van der Waals surface area contributed by atoms with Gasteiger partial charge in [0.1, 0.15) is 6.61 Å². The molecule has 138 valence electrons. The second-order valence-electron chi connectivity index (χ2n) is 6.27. The molecule has 1 heterocycles. The number of amides is 1. The number of aliphatic carboxylic acids is 1. The minimum absolute atomic E-state index is 0.0108. The minimum Gasteiger partial charge on any atom is -0.481 e. The average molecular weight is 369 g/mol. The normalized spacial score (nSPS) is 21.3. The standard InChI is InChI=1S/C17H23NO6S/c1-25(22,23)17(11-14-7-3-2-4-8-14)13-24-12-15(19)18(17)10-6-5-9-16(20)21/h2-4,7-8H,5-6,9-13H2,1H3,(H,20,21). The fourth-order valence-corrected chi connectivity index (χ4v) is 4.37. The highest BCUT2D eigenvalue weighted by Gasteiger charge is 2.51. The highest BCUT2D eigenvalue weighted by atomic mass is 32.2. The molecule has 1 unspecified atom stereocenters. The van der Waals surface area contributed by atoms with E-state index in [1.807, 2.05) is 30.3 Å². The monoisotopic (exact) mass is 369 g/mol. The number of ether oxygens (including phenoxy) is 1. The molecule has 1 N–H and O–H groups in total. The molecule has 1 aliphatic heterocycles. The molecule has 1 atom stereocenters. The molecule has 0 spiro atoms. The van der Waals surface area contributed by atoms with Crippen LogP contribution in [-0.2, 0) is 30.6 Å². The number of rotatable bonds is 8. The summed E-state index contributed by atoms with van der Waals surface area (Å²) < 4.78 is 30.6. The number of carboxylic acids is 1. The van der Waals surface area contributed by atoms with Crippen LogP contribution in [0.3, 0.4) is 0 Å². The fraction of sp³-hybridized carbons (Fsp3) is 0.529. The molecule has 1 fully saturated rings. The third kappa shape index (κ3) is 4.58. The quantitative estimate of drug-likeness (QED) is 0.688. The summed E-state index contributed by atoms with van der Waals surface area (Å²) in [5, 5.41) is 8.73. The van der Waals surface area contributed by atoms with Crippen molar-refractivity contribution in [2.45, 2.75) is 30.6 Å². The number of hydrogen-bond donors (Lipinski definition) is 1. The van der Waals surface area contributed by atoms with E-state index in [1.165, 1.54) is 4.90 Å². The minimum atomic E-state index is -3.66. The molecule has 1 aromatic rings. The van der Waals surface area contributed by atoms with Gasteiger partial charge in [-0.3, -0.25) is 9.59 Å². The van der Waals surface area contributed by atoms with Crippen molar-refractivity contribution < 1.29 is 27.9 Å². The lowest BCUT2D eigenvalue weighted by molar-refractivity contribution is -0.151. The lowest BCUT2D eigenvalue weighted by Crippen LogP contribution is -2.64. The van der Waals surface area contributed by atoms with Crippen LogP contribution in [0.4, 0.5) is 0 Å². The highest BCUT2D eigenvalue weighted by molar-refractivity contribution is 7.92. The van der Waals surface area contributed by atoms with Gasteiger partial charge < -0.3 is 14.7 Å². The summed E-state index contributed by atoms with van der Waals surface area (Å²) in [6.45, 7) is -0.0637. The van der Waals surface area contributed by atoms with Crippen molar-refractivity contribution in [2.24, 2.45) is 0 Å². The van der Waals surface area contributed by atoms with Crippen molar-refractivity contribution in [3.8, 4) is 0 Å². The Hall–Kier alpha value is -1.93. The fourth-order valence-electron chi connectivity index (χ4n) is 3.06. The van der Waals surface area contributed by atoms with Crippen LogP contribution in [0.1, 0.15) is 24.8 Å². The van der Waals surface area contributed by atoms with E-state index in [9.17, 15) is 18.0 Å². The van der Waals surface area contributed by atoms with E-state index in [-0.39, 0.29) is 38.5 Å². The predicted molar refractivity (Wildman–Crippen MR) is 91.7 cm³/mol. The Morgan fingerprint density at radius 2 is 1.96 bits per heavy atom. The van der Waals surface area contributed by atoms with Crippen LogP contribution in [0.15, 0.2) is 30.3 Å². The molecule has 0 aromatic heterocycles. The molecule has 25 heavy (non-hydrogen) atoms. The Kier molecular flexibility index (Phi) is 6.18. The van der Waals surface area contributed by atoms with Crippen molar-refractivity contribution in [1.82, 2.24) is 4.90 Å². The van der Waals surface area contributed by atoms with E-state index < -0.39 is 20.7 Å². The Morgan fingerprint density at radius 3 is 2.56 bits per heavy atom. The largest absolute Gasteiger partial charge is 0.481 e. The Balaban J connectivity index is 2.29. The first-order valence-electron chi connectivity index (χ1n) is 8.10. The topological polar surface area (TPSA) is 101 Å². The Bertz CT molecular complexity index is 718.